The zero-order valence-corrected chi connectivity index (χ0v) is 13.6. The molecule has 1 heterocycles. The van der Waals surface area contributed by atoms with Gasteiger partial charge < -0.3 is 20.1 Å². The van der Waals surface area contributed by atoms with E-state index in [9.17, 15) is 4.79 Å². The molecule has 1 fully saturated rings. The molecule has 0 bridgehead atoms. The van der Waals surface area contributed by atoms with Crippen LogP contribution in [-0.4, -0.2) is 38.8 Å². The summed E-state index contributed by atoms with van der Waals surface area (Å²) in [6.07, 6.45) is 0. The van der Waals surface area contributed by atoms with E-state index in [0.29, 0.717) is 26.3 Å². The Labute approximate surface area is 132 Å². The molecular formula is C13H18BrClN2O3. The third-order valence-corrected chi connectivity index (χ3v) is 3.54. The highest BCUT2D eigenvalue weighted by Gasteiger charge is 2.20. The average molecular weight is 366 g/mol. The van der Waals surface area contributed by atoms with Crippen LogP contribution in [0.5, 0.6) is 5.75 Å². The first-order chi connectivity index (χ1) is 9.20. The van der Waals surface area contributed by atoms with Gasteiger partial charge in [0.2, 0.25) is 5.91 Å². The topological polar surface area (TPSA) is 59.6 Å². The van der Waals surface area contributed by atoms with Crippen LogP contribution in [0.3, 0.4) is 0 Å². The number of halogens is 2. The summed E-state index contributed by atoms with van der Waals surface area (Å²) in [6, 6.07) is 5.47. The largest absolute Gasteiger partial charge is 0.496 e. The van der Waals surface area contributed by atoms with Crippen molar-refractivity contribution in [2.75, 3.05) is 26.9 Å². The molecule has 0 spiro atoms. The molecule has 1 saturated heterocycles. The number of hydrogen-bond donors (Lipinski definition) is 2. The van der Waals surface area contributed by atoms with Crippen LogP contribution in [0.25, 0.3) is 0 Å². The van der Waals surface area contributed by atoms with Gasteiger partial charge in [-0.25, -0.2) is 0 Å². The zero-order chi connectivity index (χ0) is 13.7. The molecule has 1 aromatic carbocycles. The van der Waals surface area contributed by atoms with Gasteiger partial charge in [-0.05, 0) is 33.6 Å². The lowest BCUT2D eigenvalue weighted by Gasteiger charge is -2.22. The summed E-state index contributed by atoms with van der Waals surface area (Å²) < 4.78 is 11.3. The van der Waals surface area contributed by atoms with Gasteiger partial charge in [-0.1, -0.05) is 6.07 Å². The van der Waals surface area contributed by atoms with Crippen LogP contribution in [0.4, 0.5) is 0 Å². The quantitative estimate of drug-likeness (QED) is 0.849. The second-order valence-electron chi connectivity index (χ2n) is 4.27. The number of hydrogen-bond acceptors (Lipinski definition) is 4. The Morgan fingerprint density at radius 1 is 1.60 bits per heavy atom. The third-order valence-electron chi connectivity index (χ3n) is 2.92. The van der Waals surface area contributed by atoms with Gasteiger partial charge in [0.05, 0.1) is 24.8 Å². The fourth-order valence-corrected chi connectivity index (χ4v) is 2.45. The lowest BCUT2D eigenvalue weighted by atomic mass is 10.2. The molecule has 112 valence electrons. The van der Waals surface area contributed by atoms with E-state index < -0.39 is 0 Å². The normalized spacial score (nSPS) is 18.0. The van der Waals surface area contributed by atoms with Gasteiger partial charge in [0, 0.05) is 13.1 Å². The van der Waals surface area contributed by atoms with Gasteiger partial charge in [0.15, 0.2) is 0 Å². The summed E-state index contributed by atoms with van der Waals surface area (Å²) in [5.74, 6) is 0.740. The number of amides is 1. The number of morpholine rings is 1. The van der Waals surface area contributed by atoms with Crippen molar-refractivity contribution < 1.29 is 14.3 Å². The highest BCUT2D eigenvalue weighted by Crippen LogP contribution is 2.25. The number of carbonyl (C=O) groups excluding carboxylic acids is 1. The molecule has 0 saturated carbocycles. The van der Waals surface area contributed by atoms with Gasteiger partial charge in [0.25, 0.3) is 0 Å². The van der Waals surface area contributed by atoms with E-state index in [0.717, 1.165) is 15.8 Å². The molecule has 0 aromatic heterocycles. The molecule has 5 nitrogen and oxygen atoms in total. The van der Waals surface area contributed by atoms with Gasteiger partial charge in [0.1, 0.15) is 11.8 Å². The van der Waals surface area contributed by atoms with E-state index >= 15 is 0 Å². The summed E-state index contributed by atoms with van der Waals surface area (Å²) >= 11 is 3.42. The second-order valence-corrected chi connectivity index (χ2v) is 5.12. The van der Waals surface area contributed by atoms with Crippen molar-refractivity contribution in [1.29, 1.82) is 0 Å². The number of nitrogens with one attached hydrogen (secondary N) is 2. The number of carbonyl (C=O) groups is 1. The van der Waals surface area contributed by atoms with Gasteiger partial charge >= 0.3 is 0 Å². The number of ether oxygens (including phenoxy) is 2. The van der Waals surface area contributed by atoms with Crippen molar-refractivity contribution >= 4 is 34.2 Å². The Bertz CT molecular complexity index is 453. The number of methoxy groups -OCH3 is 1. The summed E-state index contributed by atoms with van der Waals surface area (Å²) in [7, 11) is 1.62. The summed E-state index contributed by atoms with van der Waals surface area (Å²) in [5.41, 5.74) is 1.01. The first-order valence-electron chi connectivity index (χ1n) is 6.12. The standard InChI is InChI=1S/C13H17BrN2O3.ClH/c1-18-12-3-2-9(6-10(12)14)7-16-13(17)11-8-19-5-4-15-11;/h2-3,6,11,15H,4-5,7-8H2,1H3,(H,16,17);1H. The predicted molar refractivity (Wildman–Crippen MR) is 82.4 cm³/mol. The van der Waals surface area contributed by atoms with Crippen LogP contribution < -0.4 is 15.4 Å². The second kappa shape index (κ2) is 8.46. The smallest absolute Gasteiger partial charge is 0.239 e. The SMILES string of the molecule is COc1ccc(CNC(=O)C2COCCN2)cc1Br.Cl. The highest BCUT2D eigenvalue weighted by molar-refractivity contribution is 9.10. The Hall–Kier alpha value is -0.820. The van der Waals surface area contributed by atoms with Gasteiger partial charge in [-0.2, -0.15) is 0 Å². The lowest BCUT2D eigenvalue weighted by molar-refractivity contribution is -0.126. The third kappa shape index (κ3) is 4.63. The molecule has 1 amide bonds. The average Bonchev–Trinajstić information content (AvgIpc) is 2.46. The maximum Gasteiger partial charge on any atom is 0.239 e. The minimum atomic E-state index is -0.254. The van der Waals surface area contributed by atoms with Crippen LogP contribution in [0.1, 0.15) is 5.56 Å². The molecule has 7 heteroatoms. The molecule has 0 aliphatic carbocycles. The van der Waals surface area contributed by atoms with E-state index in [2.05, 4.69) is 26.6 Å². The molecule has 1 unspecified atom stereocenters. The lowest BCUT2D eigenvalue weighted by Crippen LogP contribution is -2.51. The Morgan fingerprint density at radius 2 is 2.40 bits per heavy atom. The first kappa shape index (κ1) is 17.2. The van der Waals surface area contributed by atoms with Crippen LogP contribution in [0.15, 0.2) is 22.7 Å². The first-order valence-corrected chi connectivity index (χ1v) is 6.91. The molecule has 2 rings (SSSR count). The van der Waals surface area contributed by atoms with Crippen LogP contribution in [0, 0.1) is 0 Å². The maximum atomic E-state index is 11.9. The molecule has 2 N–H and O–H groups in total. The van der Waals surface area contributed by atoms with Crippen molar-refractivity contribution in [1.82, 2.24) is 10.6 Å². The summed E-state index contributed by atoms with van der Waals surface area (Å²) in [5, 5.41) is 6.01. The monoisotopic (exact) mass is 364 g/mol. The van der Waals surface area contributed by atoms with Gasteiger partial charge in [-0.15, -0.1) is 12.4 Å². The Balaban J connectivity index is 0.00000200. The molecule has 1 aromatic rings. The Morgan fingerprint density at radius 3 is 3.00 bits per heavy atom. The van der Waals surface area contributed by atoms with Gasteiger partial charge in [-0.3, -0.25) is 4.79 Å². The number of benzene rings is 1. The van der Waals surface area contributed by atoms with Crippen molar-refractivity contribution in [2.24, 2.45) is 0 Å². The molecule has 0 radical (unpaired) electrons. The van der Waals surface area contributed by atoms with E-state index in [1.54, 1.807) is 7.11 Å². The van der Waals surface area contributed by atoms with E-state index in [1.807, 2.05) is 18.2 Å². The molecule has 20 heavy (non-hydrogen) atoms. The molecular weight excluding hydrogens is 348 g/mol. The fourth-order valence-electron chi connectivity index (χ4n) is 1.87. The zero-order valence-electron chi connectivity index (χ0n) is 11.1. The van der Waals surface area contributed by atoms with E-state index in [1.165, 1.54) is 0 Å². The van der Waals surface area contributed by atoms with E-state index in [-0.39, 0.29) is 24.4 Å². The van der Waals surface area contributed by atoms with Crippen LogP contribution in [-0.2, 0) is 16.1 Å². The van der Waals surface area contributed by atoms with Crippen molar-refractivity contribution in [3.05, 3.63) is 28.2 Å². The van der Waals surface area contributed by atoms with E-state index in [4.69, 9.17) is 9.47 Å². The fraction of sp³-hybridized carbons (Fsp3) is 0.462. The van der Waals surface area contributed by atoms with Crippen molar-refractivity contribution in [3.8, 4) is 5.75 Å². The van der Waals surface area contributed by atoms with Crippen LogP contribution in [0.2, 0.25) is 0 Å². The predicted octanol–water partition coefficient (Wildman–Crippen LogP) is 1.48. The summed E-state index contributed by atoms with van der Waals surface area (Å²) in [6.45, 7) is 2.29. The van der Waals surface area contributed by atoms with Crippen molar-refractivity contribution in [3.63, 3.8) is 0 Å². The van der Waals surface area contributed by atoms with Crippen molar-refractivity contribution in [2.45, 2.75) is 12.6 Å². The maximum absolute atomic E-state index is 11.9. The molecule has 1 aliphatic rings. The minimum absolute atomic E-state index is 0. The highest BCUT2D eigenvalue weighted by atomic mass is 79.9. The molecule has 1 aliphatic heterocycles. The summed E-state index contributed by atoms with van der Waals surface area (Å²) in [4.78, 5) is 11.9. The molecule has 1 atom stereocenters. The minimum Gasteiger partial charge on any atom is -0.496 e. The van der Waals surface area contributed by atoms with Crippen LogP contribution >= 0.6 is 28.3 Å². The Kier molecular flexibility index (Phi) is 7.29. The number of rotatable bonds is 4.